The number of carbonyl (C=O) groups is 1. The summed E-state index contributed by atoms with van der Waals surface area (Å²) in [6.45, 7) is 0. The molecule has 1 aromatic carbocycles. The van der Waals surface area contributed by atoms with Gasteiger partial charge in [-0.15, -0.1) is 0 Å². The number of hydrogen-bond acceptors (Lipinski definition) is 4. The summed E-state index contributed by atoms with van der Waals surface area (Å²) in [5, 5.41) is 26.8. The third kappa shape index (κ3) is 2.16. The number of aldehydes is 1. The van der Waals surface area contributed by atoms with Crippen LogP contribution < -0.4 is 0 Å². The van der Waals surface area contributed by atoms with Crippen LogP contribution in [-0.4, -0.2) is 22.6 Å². The Kier molecular flexibility index (Phi) is 3.35. The van der Waals surface area contributed by atoms with Gasteiger partial charge in [0.15, 0.2) is 6.10 Å². The zero-order valence-electron chi connectivity index (χ0n) is 7.29. The van der Waals surface area contributed by atoms with Crippen LogP contribution in [-0.2, 0) is 0 Å². The highest BCUT2D eigenvalue weighted by Gasteiger charge is 2.17. The Morgan fingerprint density at radius 2 is 2.14 bits per heavy atom. The number of aliphatic hydroxyl groups excluding tert-OH is 2. The van der Waals surface area contributed by atoms with E-state index in [1.165, 1.54) is 18.2 Å². The third-order valence-corrected chi connectivity index (χ3v) is 1.82. The molecule has 2 atom stereocenters. The molecule has 0 aliphatic carbocycles. The van der Waals surface area contributed by atoms with E-state index in [4.69, 9.17) is 10.4 Å². The molecule has 14 heavy (non-hydrogen) atoms. The van der Waals surface area contributed by atoms with E-state index >= 15 is 0 Å². The van der Waals surface area contributed by atoms with Gasteiger partial charge in [-0.25, -0.2) is 0 Å². The number of rotatable bonds is 3. The van der Waals surface area contributed by atoms with Crippen molar-refractivity contribution in [3.63, 3.8) is 0 Å². The van der Waals surface area contributed by atoms with Crippen molar-refractivity contribution in [2.45, 2.75) is 12.2 Å². The van der Waals surface area contributed by atoms with Crippen LogP contribution in [0.1, 0.15) is 22.0 Å². The van der Waals surface area contributed by atoms with Crippen LogP contribution in [0.4, 0.5) is 0 Å². The fourth-order valence-corrected chi connectivity index (χ4v) is 1.07. The normalized spacial score (nSPS) is 14.1. The minimum atomic E-state index is -1.48. The van der Waals surface area contributed by atoms with Gasteiger partial charge in [-0.1, -0.05) is 18.2 Å². The van der Waals surface area contributed by atoms with E-state index in [2.05, 4.69) is 0 Å². The van der Waals surface area contributed by atoms with E-state index in [9.17, 15) is 9.90 Å². The summed E-state index contributed by atoms with van der Waals surface area (Å²) in [7, 11) is 0. The molecule has 0 saturated heterocycles. The number of carbonyl (C=O) groups excluding carboxylic acids is 1. The molecule has 0 fully saturated rings. The fourth-order valence-electron chi connectivity index (χ4n) is 1.07. The van der Waals surface area contributed by atoms with Crippen molar-refractivity contribution in [3.05, 3.63) is 35.4 Å². The Hall–Kier alpha value is -1.70. The molecule has 4 nitrogen and oxygen atoms in total. The summed E-state index contributed by atoms with van der Waals surface area (Å²) >= 11 is 0. The average Bonchev–Trinajstić information content (AvgIpc) is 2.27. The highest BCUT2D eigenvalue weighted by atomic mass is 16.3. The minimum absolute atomic E-state index is 0.351. The molecule has 0 aliphatic heterocycles. The van der Waals surface area contributed by atoms with Crippen LogP contribution in [0.5, 0.6) is 0 Å². The van der Waals surface area contributed by atoms with Gasteiger partial charge in [0.25, 0.3) is 0 Å². The van der Waals surface area contributed by atoms with Crippen LogP contribution in [0.25, 0.3) is 0 Å². The quantitative estimate of drug-likeness (QED) is 0.535. The van der Waals surface area contributed by atoms with Crippen LogP contribution in [0, 0.1) is 11.3 Å². The van der Waals surface area contributed by atoms with Crippen molar-refractivity contribution in [1.82, 2.24) is 0 Å². The Labute approximate surface area is 81.0 Å². The monoisotopic (exact) mass is 191 g/mol. The Morgan fingerprint density at radius 1 is 1.43 bits per heavy atom. The van der Waals surface area contributed by atoms with Crippen molar-refractivity contribution >= 4 is 6.29 Å². The molecule has 2 N–H and O–H groups in total. The number of benzene rings is 1. The van der Waals surface area contributed by atoms with Crippen molar-refractivity contribution in [2.75, 3.05) is 0 Å². The highest BCUT2D eigenvalue weighted by Crippen LogP contribution is 2.17. The van der Waals surface area contributed by atoms with Gasteiger partial charge in [0, 0.05) is 5.56 Å². The van der Waals surface area contributed by atoms with Gasteiger partial charge < -0.3 is 10.2 Å². The predicted molar refractivity (Wildman–Crippen MR) is 48.4 cm³/mol. The van der Waals surface area contributed by atoms with Gasteiger partial charge in [-0.05, 0) is 11.6 Å². The second-order valence-electron chi connectivity index (χ2n) is 2.81. The lowest BCUT2D eigenvalue weighted by atomic mass is 10.0. The first-order chi connectivity index (χ1) is 6.69. The molecule has 0 heterocycles. The SMILES string of the molecule is N#CC(O)C(O)c1cccc(C=O)c1. The lowest BCUT2D eigenvalue weighted by Crippen LogP contribution is -2.15. The van der Waals surface area contributed by atoms with Gasteiger partial charge in [-0.3, -0.25) is 4.79 Å². The zero-order chi connectivity index (χ0) is 10.6. The largest absolute Gasteiger partial charge is 0.385 e. The first-order valence-corrected chi connectivity index (χ1v) is 4.00. The summed E-state index contributed by atoms with van der Waals surface area (Å²) in [6, 6.07) is 7.63. The molecule has 0 aliphatic rings. The molecule has 0 bridgehead atoms. The number of nitriles is 1. The second kappa shape index (κ2) is 4.51. The molecule has 0 aromatic heterocycles. The lowest BCUT2D eigenvalue weighted by Gasteiger charge is -2.11. The highest BCUT2D eigenvalue weighted by molar-refractivity contribution is 5.74. The van der Waals surface area contributed by atoms with Gasteiger partial charge in [-0.2, -0.15) is 5.26 Å². The maximum absolute atomic E-state index is 10.4. The van der Waals surface area contributed by atoms with Crippen LogP contribution in [0.3, 0.4) is 0 Å². The molecule has 1 rings (SSSR count). The molecule has 4 heteroatoms. The molecule has 0 amide bonds. The molecule has 0 spiro atoms. The summed E-state index contributed by atoms with van der Waals surface area (Å²) in [6.07, 6.45) is -2.12. The lowest BCUT2D eigenvalue weighted by molar-refractivity contribution is 0.0527. The molecule has 0 saturated carbocycles. The molecule has 2 unspecified atom stereocenters. The Morgan fingerprint density at radius 3 is 2.71 bits per heavy atom. The van der Waals surface area contributed by atoms with E-state index in [1.807, 2.05) is 0 Å². The minimum Gasteiger partial charge on any atom is -0.385 e. The van der Waals surface area contributed by atoms with Crippen molar-refractivity contribution < 1.29 is 15.0 Å². The van der Waals surface area contributed by atoms with Gasteiger partial charge in [0.1, 0.15) is 12.4 Å². The molecule has 72 valence electrons. The van der Waals surface area contributed by atoms with E-state index in [0.717, 1.165) is 0 Å². The predicted octanol–water partition coefficient (Wildman–Crippen LogP) is 0.417. The average molecular weight is 191 g/mol. The maximum atomic E-state index is 10.4. The zero-order valence-corrected chi connectivity index (χ0v) is 7.29. The summed E-state index contributed by atoms with van der Waals surface area (Å²) < 4.78 is 0. The number of aliphatic hydroxyl groups is 2. The van der Waals surface area contributed by atoms with Crippen molar-refractivity contribution in [3.8, 4) is 6.07 Å². The standard InChI is InChI=1S/C10H9NO3/c11-5-9(13)10(14)8-3-1-2-7(4-8)6-12/h1-4,6,9-10,13-14H. The van der Waals surface area contributed by atoms with Crippen LogP contribution in [0.15, 0.2) is 24.3 Å². The first-order valence-electron chi connectivity index (χ1n) is 4.00. The molecule has 1 aromatic rings. The molecule has 0 radical (unpaired) electrons. The van der Waals surface area contributed by atoms with Crippen LogP contribution in [0.2, 0.25) is 0 Å². The van der Waals surface area contributed by atoms with E-state index < -0.39 is 12.2 Å². The third-order valence-electron chi connectivity index (χ3n) is 1.82. The first kappa shape index (κ1) is 10.4. The molecular formula is C10H9NO3. The maximum Gasteiger partial charge on any atom is 0.170 e. The number of nitrogens with zero attached hydrogens (tertiary/aromatic N) is 1. The topological polar surface area (TPSA) is 81.3 Å². The summed E-state index contributed by atoms with van der Waals surface area (Å²) in [5.41, 5.74) is 0.746. The van der Waals surface area contributed by atoms with E-state index in [1.54, 1.807) is 12.1 Å². The van der Waals surface area contributed by atoms with Gasteiger partial charge in [0.2, 0.25) is 0 Å². The van der Waals surface area contributed by atoms with Crippen molar-refractivity contribution in [2.24, 2.45) is 0 Å². The van der Waals surface area contributed by atoms with Crippen molar-refractivity contribution in [1.29, 1.82) is 5.26 Å². The van der Waals surface area contributed by atoms with E-state index in [-0.39, 0.29) is 0 Å². The fraction of sp³-hybridized carbons (Fsp3) is 0.200. The summed E-state index contributed by atoms with van der Waals surface area (Å²) in [4.78, 5) is 10.4. The van der Waals surface area contributed by atoms with Gasteiger partial charge in [0.05, 0.1) is 6.07 Å². The summed E-state index contributed by atoms with van der Waals surface area (Å²) in [5.74, 6) is 0. The molecular weight excluding hydrogens is 182 g/mol. The van der Waals surface area contributed by atoms with Crippen LogP contribution >= 0.6 is 0 Å². The van der Waals surface area contributed by atoms with Gasteiger partial charge >= 0.3 is 0 Å². The second-order valence-corrected chi connectivity index (χ2v) is 2.81. The van der Waals surface area contributed by atoms with E-state index in [0.29, 0.717) is 17.4 Å². The Balaban J connectivity index is 2.96. The number of hydrogen-bond donors (Lipinski definition) is 2. The Bertz CT molecular complexity index is 370. The smallest absolute Gasteiger partial charge is 0.170 e.